The Labute approximate surface area is 203 Å². The first-order chi connectivity index (χ1) is 16.8. The Morgan fingerprint density at radius 3 is 2.49 bits per heavy atom. The van der Waals surface area contributed by atoms with Gasteiger partial charge in [-0.1, -0.05) is 11.6 Å². The van der Waals surface area contributed by atoms with Gasteiger partial charge >= 0.3 is 0 Å². The molecule has 0 bridgehead atoms. The minimum atomic E-state index is -0.394. The van der Waals surface area contributed by atoms with E-state index < -0.39 is 5.91 Å². The highest BCUT2D eigenvalue weighted by Crippen LogP contribution is 2.26. The maximum atomic E-state index is 12.7. The monoisotopic (exact) mass is 467 g/mol. The standard InChI is InChI=1S/C27H25N5O3/c1-16-11-18(3)26-22(12-16)17(2)13-24(30-26)32-27(20(14-28)15-29-32)31-25(34)10-9-23(33)19-5-7-21(35-4)8-6-19/h5-8,11-13,15H,9-10H2,1-4H3,(H,31,34). The predicted molar refractivity (Wildman–Crippen MR) is 133 cm³/mol. The Morgan fingerprint density at radius 2 is 1.80 bits per heavy atom. The van der Waals surface area contributed by atoms with Crippen LogP contribution in [0.15, 0.2) is 48.7 Å². The minimum absolute atomic E-state index is 0.0278. The predicted octanol–water partition coefficient (Wildman–Crippen LogP) is 4.83. The van der Waals surface area contributed by atoms with Crippen molar-refractivity contribution in [3.63, 3.8) is 0 Å². The number of nitrogens with one attached hydrogen (secondary N) is 1. The number of hydrogen-bond acceptors (Lipinski definition) is 6. The van der Waals surface area contributed by atoms with Crippen LogP contribution >= 0.6 is 0 Å². The van der Waals surface area contributed by atoms with E-state index in [4.69, 9.17) is 9.72 Å². The number of anilines is 1. The molecule has 0 aliphatic carbocycles. The molecule has 4 aromatic rings. The van der Waals surface area contributed by atoms with Crippen LogP contribution in [0, 0.1) is 32.1 Å². The van der Waals surface area contributed by atoms with Gasteiger partial charge < -0.3 is 10.1 Å². The first-order valence-corrected chi connectivity index (χ1v) is 11.1. The number of nitriles is 1. The molecule has 2 aromatic heterocycles. The molecule has 4 rings (SSSR count). The third-order valence-corrected chi connectivity index (χ3v) is 5.80. The summed E-state index contributed by atoms with van der Waals surface area (Å²) in [7, 11) is 1.55. The van der Waals surface area contributed by atoms with Crippen molar-refractivity contribution in [1.29, 1.82) is 5.26 Å². The third-order valence-electron chi connectivity index (χ3n) is 5.80. The lowest BCUT2D eigenvalue weighted by Crippen LogP contribution is -2.17. The average molecular weight is 468 g/mol. The number of rotatable bonds is 7. The van der Waals surface area contributed by atoms with Gasteiger partial charge in [0.05, 0.1) is 18.8 Å². The van der Waals surface area contributed by atoms with Crippen LogP contribution in [-0.4, -0.2) is 33.6 Å². The number of nitrogens with zero attached hydrogens (tertiary/aromatic N) is 4. The fraction of sp³-hybridized carbons (Fsp3) is 0.222. The highest BCUT2D eigenvalue weighted by Gasteiger charge is 2.18. The van der Waals surface area contributed by atoms with Crippen molar-refractivity contribution in [3.05, 3.63) is 76.5 Å². The second-order valence-corrected chi connectivity index (χ2v) is 8.41. The van der Waals surface area contributed by atoms with Crippen LogP contribution in [0.5, 0.6) is 5.75 Å². The van der Waals surface area contributed by atoms with Crippen molar-refractivity contribution in [2.75, 3.05) is 12.4 Å². The molecule has 0 fully saturated rings. The molecule has 176 valence electrons. The van der Waals surface area contributed by atoms with E-state index in [2.05, 4.69) is 28.6 Å². The number of ketones is 1. The molecular weight excluding hydrogens is 442 g/mol. The molecule has 0 atom stereocenters. The van der Waals surface area contributed by atoms with Gasteiger partial charge in [-0.3, -0.25) is 9.59 Å². The van der Waals surface area contributed by atoms with Crippen LogP contribution in [0.3, 0.4) is 0 Å². The number of aryl methyl sites for hydroxylation is 3. The van der Waals surface area contributed by atoms with Crippen LogP contribution in [-0.2, 0) is 4.79 Å². The number of fused-ring (bicyclic) bond motifs is 1. The molecule has 1 amide bonds. The summed E-state index contributed by atoms with van der Waals surface area (Å²) < 4.78 is 6.55. The summed E-state index contributed by atoms with van der Waals surface area (Å²) in [5.74, 6) is 0.821. The lowest BCUT2D eigenvalue weighted by Gasteiger charge is -2.13. The van der Waals surface area contributed by atoms with Crippen molar-refractivity contribution >= 4 is 28.4 Å². The molecular formula is C27H25N5O3. The first kappa shape index (κ1) is 23.6. The zero-order valence-corrected chi connectivity index (χ0v) is 20.0. The van der Waals surface area contributed by atoms with E-state index in [9.17, 15) is 14.9 Å². The number of amides is 1. The maximum Gasteiger partial charge on any atom is 0.226 e. The van der Waals surface area contributed by atoms with Crippen molar-refractivity contribution in [2.45, 2.75) is 33.6 Å². The number of carbonyl (C=O) groups is 2. The van der Waals surface area contributed by atoms with Gasteiger partial charge in [0.15, 0.2) is 17.4 Å². The molecule has 35 heavy (non-hydrogen) atoms. The second kappa shape index (κ2) is 9.77. The number of methoxy groups -OCH3 is 1. The van der Waals surface area contributed by atoms with Gasteiger partial charge in [0, 0.05) is 23.8 Å². The molecule has 8 nitrogen and oxygen atoms in total. The number of ether oxygens (including phenoxy) is 1. The fourth-order valence-electron chi connectivity index (χ4n) is 4.00. The lowest BCUT2D eigenvalue weighted by molar-refractivity contribution is -0.116. The van der Waals surface area contributed by atoms with Crippen molar-refractivity contribution < 1.29 is 14.3 Å². The molecule has 0 radical (unpaired) electrons. The number of carbonyl (C=O) groups excluding carboxylic acids is 2. The van der Waals surface area contributed by atoms with Crippen LogP contribution in [0.2, 0.25) is 0 Å². The van der Waals surface area contributed by atoms with Gasteiger partial charge in [-0.15, -0.1) is 0 Å². The topological polar surface area (TPSA) is 110 Å². The molecule has 0 saturated heterocycles. The number of pyridine rings is 1. The van der Waals surface area contributed by atoms with Crippen LogP contribution in [0.4, 0.5) is 5.82 Å². The molecule has 2 aromatic carbocycles. The average Bonchev–Trinajstić information content (AvgIpc) is 3.25. The highest BCUT2D eigenvalue weighted by atomic mass is 16.5. The van der Waals surface area contributed by atoms with Gasteiger partial charge in [-0.25, -0.2) is 4.98 Å². The third kappa shape index (κ3) is 4.89. The molecule has 0 unspecified atom stereocenters. The molecule has 0 saturated carbocycles. The van der Waals surface area contributed by atoms with E-state index in [1.54, 1.807) is 31.4 Å². The molecule has 2 heterocycles. The first-order valence-electron chi connectivity index (χ1n) is 11.1. The van der Waals surface area contributed by atoms with Gasteiger partial charge in [0.2, 0.25) is 5.91 Å². The van der Waals surface area contributed by atoms with Crippen LogP contribution < -0.4 is 10.1 Å². The van der Waals surface area contributed by atoms with E-state index in [1.807, 2.05) is 26.8 Å². The molecule has 0 aliphatic heterocycles. The zero-order valence-electron chi connectivity index (χ0n) is 20.0. The Balaban J connectivity index is 1.56. The summed E-state index contributed by atoms with van der Waals surface area (Å²) in [5, 5.41) is 17.7. The largest absolute Gasteiger partial charge is 0.497 e. The van der Waals surface area contributed by atoms with E-state index >= 15 is 0 Å². The van der Waals surface area contributed by atoms with Gasteiger partial charge in [-0.2, -0.15) is 15.0 Å². The quantitative estimate of drug-likeness (QED) is 0.390. The Kier molecular flexibility index (Phi) is 6.60. The summed E-state index contributed by atoms with van der Waals surface area (Å²) in [4.78, 5) is 30.0. The fourth-order valence-corrected chi connectivity index (χ4v) is 4.00. The molecule has 1 N–H and O–H groups in total. The molecule has 8 heteroatoms. The smallest absolute Gasteiger partial charge is 0.226 e. The van der Waals surface area contributed by atoms with Crippen molar-refractivity contribution in [1.82, 2.24) is 14.8 Å². The number of aromatic nitrogens is 3. The van der Waals surface area contributed by atoms with Crippen LogP contribution in [0.1, 0.15) is 45.5 Å². The number of benzene rings is 2. The second-order valence-electron chi connectivity index (χ2n) is 8.41. The van der Waals surface area contributed by atoms with Crippen molar-refractivity contribution in [2.24, 2.45) is 0 Å². The summed E-state index contributed by atoms with van der Waals surface area (Å²) in [6.45, 7) is 6.03. The minimum Gasteiger partial charge on any atom is -0.497 e. The Bertz CT molecular complexity index is 1480. The summed E-state index contributed by atoms with van der Waals surface area (Å²) in [5.41, 5.74) is 4.73. The van der Waals surface area contributed by atoms with Gasteiger partial charge in [-0.05, 0) is 68.3 Å². The molecule has 0 aliphatic rings. The van der Waals surface area contributed by atoms with Crippen molar-refractivity contribution in [3.8, 4) is 17.6 Å². The Hall–Kier alpha value is -4.51. The van der Waals surface area contributed by atoms with Gasteiger partial charge in [0.25, 0.3) is 0 Å². The lowest BCUT2D eigenvalue weighted by atomic mass is 10.0. The van der Waals surface area contributed by atoms with Crippen LogP contribution in [0.25, 0.3) is 16.7 Å². The van der Waals surface area contributed by atoms with E-state index in [1.165, 1.54) is 10.9 Å². The summed E-state index contributed by atoms with van der Waals surface area (Å²) >= 11 is 0. The Morgan fingerprint density at radius 1 is 1.06 bits per heavy atom. The van der Waals surface area contributed by atoms with E-state index in [0.29, 0.717) is 17.1 Å². The molecule has 0 spiro atoms. The normalized spacial score (nSPS) is 10.7. The summed E-state index contributed by atoms with van der Waals surface area (Å²) in [6.07, 6.45) is 1.38. The number of hydrogen-bond donors (Lipinski definition) is 1. The number of Topliss-reactive ketones (excluding diaryl/α,β-unsaturated/α-hetero) is 1. The summed E-state index contributed by atoms with van der Waals surface area (Å²) in [6, 6.07) is 14.8. The zero-order chi connectivity index (χ0) is 25.1. The van der Waals surface area contributed by atoms with E-state index in [-0.39, 0.29) is 30.0 Å². The highest BCUT2D eigenvalue weighted by molar-refractivity contribution is 6.00. The van der Waals surface area contributed by atoms with E-state index in [0.717, 1.165) is 27.6 Å². The SMILES string of the molecule is COc1ccc(C(=O)CCC(=O)Nc2c(C#N)cnn2-c2cc(C)c3cc(C)cc(C)c3n2)cc1. The van der Waals surface area contributed by atoms with Gasteiger partial charge in [0.1, 0.15) is 17.4 Å². The maximum absolute atomic E-state index is 12.7.